The van der Waals surface area contributed by atoms with Crippen LogP contribution in [-0.4, -0.2) is 67.1 Å². The van der Waals surface area contributed by atoms with Gasteiger partial charge in [0.25, 0.3) is 0 Å². The average molecular weight is 374 g/mol. The lowest BCUT2D eigenvalue weighted by Crippen LogP contribution is -2.41. The van der Waals surface area contributed by atoms with Crippen molar-refractivity contribution in [3.8, 4) is 0 Å². The van der Waals surface area contributed by atoms with E-state index >= 15 is 0 Å². The topological polar surface area (TPSA) is 46.7 Å². The number of nitrogens with zero attached hydrogens (tertiary/aromatic N) is 3. The minimum absolute atomic E-state index is 0.191. The predicted molar refractivity (Wildman–Crippen MR) is 111 cm³/mol. The van der Waals surface area contributed by atoms with Crippen LogP contribution in [0, 0.1) is 11.7 Å². The lowest BCUT2D eigenvalue weighted by molar-refractivity contribution is 0.255. The minimum atomic E-state index is -0.191. The number of halogens is 1. The summed E-state index contributed by atoms with van der Waals surface area (Å²) in [5.41, 5.74) is 2.11. The number of nitrogens with one attached hydrogen (secondary N) is 2. The average Bonchev–Trinajstić information content (AvgIpc) is 3.30. The molecule has 2 aromatic rings. The zero-order chi connectivity index (χ0) is 19.2. The Bertz CT molecular complexity index is 765. The quantitative estimate of drug-likeness (QED) is 0.579. The summed E-state index contributed by atoms with van der Waals surface area (Å²) < 4.78 is 13.5. The van der Waals surface area contributed by atoms with E-state index in [4.69, 9.17) is 0 Å². The van der Waals surface area contributed by atoms with Gasteiger partial charge in [-0.2, -0.15) is 0 Å². The van der Waals surface area contributed by atoms with Crippen molar-refractivity contribution in [2.45, 2.75) is 26.7 Å². The molecule has 2 heterocycles. The van der Waals surface area contributed by atoms with Crippen LogP contribution < -0.4 is 5.32 Å². The van der Waals surface area contributed by atoms with Crippen molar-refractivity contribution < 1.29 is 4.39 Å². The number of aromatic amines is 1. The number of likely N-dealkylation sites (tertiary alicyclic amines) is 1. The Kier molecular flexibility index (Phi) is 6.72. The molecule has 3 rings (SSSR count). The molecule has 0 saturated carbocycles. The standard InChI is InChI=1S/C21H32FN5/c1-4-26(5-2)14-16-9-11-27(15-16)21(23-3)24-10-8-17-13-25-20-7-6-18(22)12-19(17)20/h6-7,12-13,16,25H,4-5,8-11,14-15H2,1-3H3,(H,23,24). The fraction of sp³-hybridized carbons (Fsp3) is 0.571. The molecule has 0 spiro atoms. The fourth-order valence-electron chi connectivity index (χ4n) is 4.02. The zero-order valence-electron chi connectivity index (χ0n) is 16.8. The summed E-state index contributed by atoms with van der Waals surface area (Å²) >= 11 is 0. The van der Waals surface area contributed by atoms with Crippen molar-refractivity contribution in [3.05, 3.63) is 35.8 Å². The predicted octanol–water partition coefficient (Wildman–Crippen LogP) is 3.09. The number of hydrogen-bond acceptors (Lipinski definition) is 2. The lowest BCUT2D eigenvalue weighted by atomic mass is 10.1. The van der Waals surface area contributed by atoms with Gasteiger partial charge in [0.15, 0.2) is 5.96 Å². The van der Waals surface area contributed by atoms with E-state index in [0.29, 0.717) is 5.92 Å². The Balaban J connectivity index is 1.51. The number of aliphatic imine (C=N–C) groups is 1. The highest BCUT2D eigenvalue weighted by atomic mass is 19.1. The summed E-state index contributed by atoms with van der Waals surface area (Å²) in [5, 5.41) is 4.45. The largest absolute Gasteiger partial charge is 0.361 e. The molecule has 1 unspecified atom stereocenters. The molecule has 2 N–H and O–H groups in total. The third kappa shape index (κ3) is 4.80. The van der Waals surface area contributed by atoms with Gasteiger partial charge in [-0.3, -0.25) is 4.99 Å². The van der Waals surface area contributed by atoms with Crippen molar-refractivity contribution in [2.75, 3.05) is 46.3 Å². The highest BCUT2D eigenvalue weighted by molar-refractivity contribution is 5.83. The number of guanidine groups is 1. The maximum atomic E-state index is 13.5. The third-order valence-corrected chi connectivity index (χ3v) is 5.61. The van der Waals surface area contributed by atoms with E-state index in [1.807, 2.05) is 13.2 Å². The molecule has 0 radical (unpaired) electrons. The molecule has 5 nitrogen and oxygen atoms in total. The van der Waals surface area contributed by atoms with Gasteiger partial charge in [-0.05, 0) is 55.6 Å². The second kappa shape index (κ2) is 9.22. The van der Waals surface area contributed by atoms with Gasteiger partial charge in [0.2, 0.25) is 0 Å². The Labute approximate surface area is 161 Å². The van der Waals surface area contributed by atoms with E-state index in [9.17, 15) is 4.39 Å². The van der Waals surface area contributed by atoms with Crippen molar-refractivity contribution in [2.24, 2.45) is 10.9 Å². The van der Waals surface area contributed by atoms with E-state index in [0.717, 1.165) is 61.6 Å². The first-order valence-electron chi connectivity index (χ1n) is 10.1. The van der Waals surface area contributed by atoms with Gasteiger partial charge in [-0.15, -0.1) is 0 Å². The van der Waals surface area contributed by atoms with Crippen molar-refractivity contribution in [1.82, 2.24) is 20.1 Å². The van der Waals surface area contributed by atoms with E-state index in [-0.39, 0.29) is 5.82 Å². The Morgan fingerprint density at radius 3 is 2.93 bits per heavy atom. The highest BCUT2D eigenvalue weighted by Crippen LogP contribution is 2.20. The van der Waals surface area contributed by atoms with Gasteiger partial charge in [0, 0.05) is 50.3 Å². The lowest BCUT2D eigenvalue weighted by Gasteiger charge is -2.24. The number of fused-ring (bicyclic) bond motifs is 1. The molecule has 1 aliphatic rings. The van der Waals surface area contributed by atoms with Crippen molar-refractivity contribution in [1.29, 1.82) is 0 Å². The first kappa shape index (κ1) is 19.7. The van der Waals surface area contributed by atoms with Gasteiger partial charge in [0.05, 0.1) is 0 Å². The van der Waals surface area contributed by atoms with Crippen LogP contribution in [0.15, 0.2) is 29.4 Å². The van der Waals surface area contributed by atoms with Crippen LogP contribution in [0.25, 0.3) is 10.9 Å². The van der Waals surface area contributed by atoms with E-state index in [1.54, 1.807) is 12.1 Å². The first-order valence-corrected chi connectivity index (χ1v) is 10.1. The van der Waals surface area contributed by atoms with Gasteiger partial charge in [0.1, 0.15) is 5.82 Å². The third-order valence-electron chi connectivity index (χ3n) is 5.61. The molecule has 1 aromatic heterocycles. The zero-order valence-corrected chi connectivity index (χ0v) is 16.8. The van der Waals surface area contributed by atoms with Crippen LogP contribution >= 0.6 is 0 Å². The molecule has 6 heteroatoms. The molecule has 1 fully saturated rings. The maximum absolute atomic E-state index is 13.5. The second-order valence-electron chi connectivity index (χ2n) is 7.31. The summed E-state index contributed by atoms with van der Waals surface area (Å²) in [6, 6.07) is 4.89. The van der Waals surface area contributed by atoms with Gasteiger partial charge in [-0.25, -0.2) is 4.39 Å². The summed E-state index contributed by atoms with van der Waals surface area (Å²) in [6.07, 6.45) is 4.03. The van der Waals surface area contributed by atoms with Crippen LogP contribution in [0.4, 0.5) is 4.39 Å². The monoisotopic (exact) mass is 373 g/mol. The van der Waals surface area contributed by atoms with Crippen molar-refractivity contribution in [3.63, 3.8) is 0 Å². The summed E-state index contributed by atoms with van der Waals surface area (Å²) in [7, 11) is 1.85. The molecule has 1 aliphatic heterocycles. The molecule has 148 valence electrons. The Hall–Kier alpha value is -2.08. The molecular weight excluding hydrogens is 341 g/mol. The van der Waals surface area contributed by atoms with E-state index < -0.39 is 0 Å². The van der Waals surface area contributed by atoms with Crippen LogP contribution in [0.1, 0.15) is 25.8 Å². The summed E-state index contributed by atoms with van der Waals surface area (Å²) in [4.78, 5) is 12.6. The minimum Gasteiger partial charge on any atom is -0.361 e. The number of rotatable bonds is 7. The molecule has 0 amide bonds. The van der Waals surface area contributed by atoms with Gasteiger partial charge in [-0.1, -0.05) is 13.8 Å². The molecule has 0 bridgehead atoms. The van der Waals surface area contributed by atoms with E-state index in [2.05, 4.69) is 38.9 Å². The maximum Gasteiger partial charge on any atom is 0.193 e. The summed E-state index contributed by atoms with van der Waals surface area (Å²) in [5.74, 6) is 1.49. The molecule has 1 atom stereocenters. The number of H-pyrrole nitrogens is 1. The van der Waals surface area contributed by atoms with E-state index in [1.165, 1.54) is 19.0 Å². The number of benzene rings is 1. The summed E-state index contributed by atoms with van der Waals surface area (Å²) in [6.45, 7) is 10.8. The first-order chi connectivity index (χ1) is 13.1. The molecule has 1 aromatic carbocycles. The molecule has 1 saturated heterocycles. The van der Waals surface area contributed by atoms with Crippen molar-refractivity contribution >= 4 is 16.9 Å². The SMILES string of the molecule is CCN(CC)CC1CCN(C(=NC)NCCc2c[nH]c3ccc(F)cc23)C1. The van der Waals surface area contributed by atoms with Crippen LogP contribution in [0.3, 0.4) is 0 Å². The Morgan fingerprint density at radius 2 is 2.19 bits per heavy atom. The molecule has 27 heavy (non-hydrogen) atoms. The second-order valence-corrected chi connectivity index (χ2v) is 7.31. The molecule has 0 aliphatic carbocycles. The fourth-order valence-corrected chi connectivity index (χ4v) is 4.02. The highest BCUT2D eigenvalue weighted by Gasteiger charge is 2.25. The van der Waals surface area contributed by atoms with Gasteiger partial charge < -0.3 is 20.1 Å². The molecular formula is C21H32FN5. The smallest absolute Gasteiger partial charge is 0.193 e. The van der Waals surface area contributed by atoms with Crippen LogP contribution in [0.2, 0.25) is 0 Å². The van der Waals surface area contributed by atoms with Gasteiger partial charge >= 0.3 is 0 Å². The normalized spacial score (nSPS) is 18.0. The van der Waals surface area contributed by atoms with Crippen LogP contribution in [0.5, 0.6) is 0 Å². The van der Waals surface area contributed by atoms with Crippen LogP contribution in [-0.2, 0) is 6.42 Å². The Morgan fingerprint density at radius 1 is 1.37 bits per heavy atom. The number of hydrogen-bond donors (Lipinski definition) is 2. The number of aromatic nitrogens is 1.